The molecule has 6 atom stereocenters. The number of benzene rings is 3. The number of nitro groups is 1. The Hall–Kier alpha value is -5.13. The molecule has 2 aliphatic carbocycles. The summed E-state index contributed by atoms with van der Waals surface area (Å²) in [6, 6.07) is 16.3. The Morgan fingerprint density at radius 3 is 2.54 bits per heavy atom. The van der Waals surface area contributed by atoms with E-state index in [4.69, 9.17) is 21.4 Å². The van der Waals surface area contributed by atoms with Gasteiger partial charge in [0.05, 0.1) is 49.3 Å². The van der Waals surface area contributed by atoms with Gasteiger partial charge in [-0.1, -0.05) is 29.3 Å². The number of non-ortho nitro benzene ring substituents is 1. The molecular weight excluding hydrogens is 885 g/mol. The fourth-order valence-corrected chi connectivity index (χ4v) is 11.7. The molecule has 16 heteroatoms. The molecule has 9 rings (SSSR count). The third kappa shape index (κ3) is 5.34. The summed E-state index contributed by atoms with van der Waals surface area (Å²) in [6.45, 7) is 3.77. The van der Waals surface area contributed by atoms with Gasteiger partial charge in [0, 0.05) is 40.9 Å². The van der Waals surface area contributed by atoms with E-state index in [2.05, 4.69) is 0 Å². The van der Waals surface area contributed by atoms with Crippen LogP contribution in [0.1, 0.15) is 36.8 Å². The number of aromatic hydroxyl groups is 1. The summed E-state index contributed by atoms with van der Waals surface area (Å²) in [5, 5.41) is 28.9. The number of anilines is 2. The fourth-order valence-electron chi connectivity index (χ4n) is 9.75. The first-order valence-electron chi connectivity index (χ1n) is 18.2. The molecule has 0 radical (unpaired) electrons. The topological polar surface area (TPSA) is 165 Å². The minimum atomic E-state index is -1.36. The molecule has 3 fully saturated rings. The van der Waals surface area contributed by atoms with E-state index in [1.807, 2.05) is 53.8 Å². The number of allylic oxidation sites excluding steroid dienone is 2. The van der Waals surface area contributed by atoms with Gasteiger partial charge < -0.3 is 9.84 Å². The van der Waals surface area contributed by atoms with Crippen molar-refractivity contribution in [1.82, 2.24) is 9.78 Å². The number of hydrogen-bond acceptors (Lipinski definition) is 10. The molecule has 4 aliphatic rings. The molecule has 4 amide bonds. The fraction of sp³-hybridized carbons (Fsp3) is 0.293. The standard InChI is InChI=1S/C41H33ClIN5O8S/c1-18-25-14-20(42)8-11-31(25)57-36(18)29-17-32(45(3)44-29)47-38(51)27-16-26-23(34(41(27,2)40(47)53)19-12-28(43)35(49)30(13-19)56-4)9-10-24-33(26)39(52)46(37(24)50)21-6-5-7-22(15-21)48(54)55/h5-9,11-15,17,24,26-27,33-34,49H,10,16H2,1-4H3. The average molecular weight is 918 g/mol. The molecule has 5 aromatic rings. The first-order chi connectivity index (χ1) is 27.1. The van der Waals surface area contributed by atoms with E-state index in [1.165, 1.54) is 52.3 Å². The number of ether oxygens (including phenoxy) is 1. The lowest BCUT2D eigenvalue weighted by Crippen LogP contribution is -2.49. The first-order valence-corrected chi connectivity index (χ1v) is 20.4. The molecule has 290 valence electrons. The molecule has 1 N–H and O–H groups in total. The summed E-state index contributed by atoms with van der Waals surface area (Å²) < 4.78 is 8.57. The number of aromatic nitrogens is 2. The van der Waals surface area contributed by atoms with Crippen molar-refractivity contribution in [2.24, 2.45) is 36.1 Å². The minimum absolute atomic E-state index is 0.0746. The van der Waals surface area contributed by atoms with Crippen molar-refractivity contribution in [1.29, 1.82) is 0 Å². The van der Waals surface area contributed by atoms with Gasteiger partial charge in [0.1, 0.15) is 11.5 Å². The van der Waals surface area contributed by atoms with Crippen molar-refractivity contribution < 1.29 is 33.9 Å². The lowest BCUT2D eigenvalue weighted by molar-refractivity contribution is -0.384. The van der Waals surface area contributed by atoms with Gasteiger partial charge in [-0.05, 0) is 108 Å². The molecule has 2 saturated heterocycles. The number of nitro benzene ring substituents is 1. The predicted octanol–water partition coefficient (Wildman–Crippen LogP) is 7.93. The van der Waals surface area contributed by atoms with Crippen LogP contribution in [0.15, 0.2) is 72.3 Å². The second-order valence-corrected chi connectivity index (χ2v) is 17.9. The van der Waals surface area contributed by atoms with E-state index < -0.39 is 63.6 Å². The number of rotatable bonds is 6. The van der Waals surface area contributed by atoms with Crippen LogP contribution in [0.3, 0.4) is 0 Å². The molecule has 57 heavy (non-hydrogen) atoms. The van der Waals surface area contributed by atoms with Gasteiger partial charge in [-0.2, -0.15) is 5.10 Å². The highest BCUT2D eigenvalue weighted by atomic mass is 127. The maximum atomic E-state index is 15.2. The Morgan fingerprint density at radius 2 is 1.81 bits per heavy atom. The second-order valence-electron chi connectivity index (χ2n) is 15.2. The lowest BCUT2D eigenvalue weighted by Gasteiger charge is -2.49. The molecule has 2 aromatic heterocycles. The number of carbonyl (C=O) groups excluding carboxylic acids is 4. The zero-order valence-corrected chi connectivity index (χ0v) is 34.6. The summed E-state index contributed by atoms with van der Waals surface area (Å²) in [4.78, 5) is 72.9. The molecule has 4 heterocycles. The van der Waals surface area contributed by atoms with Crippen molar-refractivity contribution >= 4 is 96.4 Å². The van der Waals surface area contributed by atoms with Crippen molar-refractivity contribution in [2.75, 3.05) is 16.9 Å². The van der Waals surface area contributed by atoms with Crippen molar-refractivity contribution in [3.8, 4) is 22.1 Å². The van der Waals surface area contributed by atoms with E-state index in [9.17, 15) is 29.6 Å². The predicted molar refractivity (Wildman–Crippen MR) is 221 cm³/mol. The van der Waals surface area contributed by atoms with Crippen LogP contribution in [0.2, 0.25) is 5.02 Å². The van der Waals surface area contributed by atoms with Gasteiger partial charge >= 0.3 is 0 Å². The number of hydrogen-bond donors (Lipinski definition) is 1. The Labute approximate surface area is 348 Å². The van der Waals surface area contributed by atoms with Crippen LogP contribution in [-0.2, 0) is 26.2 Å². The number of halogens is 2. The van der Waals surface area contributed by atoms with Crippen molar-refractivity contribution in [2.45, 2.75) is 32.6 Å². The van der Waals surface area contributed by atoms with Gasteiger partial charge in [-0.25, -0.2) is 9.80 Å². The summed E-state index contributed by atoms with van der Waals surface area (Å²) in [6.07, 6.45) is 2.22. The number of thiophene rings is 1. The Morgan fingerprint density at radius 1 is 1.04 bits per heavy atom. The molecule has 0 bridgehead atoms. The SMILES string of the molecule is COc1cc(C2C3=CCC4C(=O)N(c5cccc([N+](=O)[O-])c5)C(=O)C4C3CC3C(=O)N(c4cc(-c5sc6ccc(Cl)cc6c5C)nn4C)C(=O)C32C)cc(I)c1O. The molecule has 1 saturated carbocycles. The van der Waals surface area contributed by atoms with Gasteiger partial charge in [0.2, 0.25) is 23.6 Å². The number of phenols is 1. The van der Waals surface area contributed by atoms with Crippen LogP contribution in [0.4, 0.5) is 17.2 Å². The number of methoxy groups -OCH3 is 1. The molecule has 0 spiro atoms. The number of phenolic OH excluding ortho intramolecular Hbond substituents is 1. The number of aryl methyl sites for hydroxylation is 2. The number of imide groups is 2. The van der Waals surface area contributed by atoms with E-state index in [1.54, 1.807) is 32.2 Å². The zero-order chi connectivity index (χ0) is 40.4. The highest BCUT2D eigenvalue weighted by Gasteiger charge is 2.68. The number of nitrogens with zero attached hydrogens (tertiary/aromatic N) is 5. The normalized spacial score (nSPS) is 25.5. The minimum Gasteiger partial charge on any atom is -0.504 e. The molecule has 2 aliphatic heterocycles. The summed E-state index contributed by atoms with van der Waals surface area (Å²) in [5.41, 5.74) is 1.40. The maximum absolute atomic E-state index is 15.2. The highest BCUT2D eigenvalue weighted by Crippen LogP contribution is 2.64. The quantitative estimate of drug-likeness (QED) is 0.0586. The van der Waals surface area contributed by atoms with E-state index in [0.29, 0.717) is 25.7 Å². The number of amides is 4. The smallest absolute Gasteiger partial charge is 0.271 e. The third-order valence-electron chi connectivity index (χ3n) is 12.4. The Kier molecular flexibility index (Phi) is 8.68. The summed E-state index contributed by atoms with van der Waals surface area (Å²) in [7, 11) is 3.11. The van der Waals surface area contributed by atoms with Crippen LogP contribution in [0.25, 0.3) is 20.7 Å². The third-order valence-corrected chi connectivity index (χ3v) is 14.7. The van der Waals surface area contributed by atoms with Gasteiger partial charge in [0.15, 0.2) is 11.5 Å². The van der Waals surface area contributed by atoms with Crippen molar-refractivity contribution in [3.63, 3.8) is 0 Å². The van der Waals surface area contributed by atoms with Gasteiger partial charge in [-0.3, -0.25) is 34.0 Å². The Balaban J connectivity index is 1.17. The summed E-state index contributed by atoms with van der Waals surface area (Å²) in [5.74, 6) is -5.43. The maximum Gasteiger partial charge on any atom is 0.271 e. The van der Waals surface area contributed by atoms with E-state index in [-0.39, 0.29) is 35.7 Å². The lowest BCUT2D eigenvalue weighted by atomic mass is 9.51. The molecular formula is C41H33ClIN5O8S. The summed E-state index contributed by atoms with van der Waals surface area (Å²) >= 11 is 9.85. The monoisotopic (exact) mass is 917 g/mol. The molecule has 3 aromatic carbocycles. The second kappa shape index (κ2) is 13.2. The van der Waals surface area contributed by atoms with Crippen LogP contribution >= 0.6 is 45.5 Å². The van der Waals surface area contributed by atoms with Gasteiger partial charge in [-0.15, -0.1) is 11.3 Å². The van der Waals surface area contributed by atoms with Crippen LogP contribution in [0.5, 0.6) is 11.5 Å². The van der Waals surface area contributed by atoms with Crippen molar-refractivity contribution in [3.05, 3.63) is 102 Å². The van der Waals surface area contributed by atoms with Crippen LogP contribution < -0.4 is 14.5 Å². The average Bonchev–Trinajstić information content (AvgIpc) is 3.85. The van der Waals surface area contributed by atoms with Gasteiger partial charge in [0.25, 0.3) is 5.69 Å². The Bertz CT molecular complexity index is 2690. The number of fused-ring (bicyclic) bond motifs is 5. The van der Waals surface area contributed by atoms with E-state index >= 15 is 4.79 Å². The van der Waals surface area contributed by atoms with E-state index in [0.717, 1.165) is 31.0 Å². The largest absolute Gasteiger partial charge is 0.504 e. The van der Waals surface area contributed by atoms with Crippen LogP contribution in [-0.4, -0.2) is 50.5 Å². The molecule has 13 nitrogen and oxygen atoms in total. The number of carbonyl (C=O) groups is 4. The zero-order valence-electron chi connectivity index (χ0n) is 30.9. The first kappa shape index (κ1) is 37.4. The van der Waals surface area contributed by atoms with Crippen LogP contribution in [0, 0.1) is 49.7 Å². The molecule has 6 unspecified atom stereocenters. The highest BCUT2D eigenvalue weighted by molar-refractivity contribution is 14.1.